The lowest BCUT2D eigenvalue weighted by Gasteiger charge is -2.31. The van der Waals surface area contributed by atoms with Crippen LogP contribution >= 0.6 is 11.6 Å². The predicted molar refractivity (Wildman–Crippen MR) is 95.8 cm³/mol. The molecule has 4 nitrogen and oxygen atoms in total. The van der Waals surface area contributed by atoms with E-state index in [1.165, 1.54) is 0 Å². The molecule has 1 aromatic rings. The number of aryl methyl sites for hydroxylation is 1. The van der Waals surface area contributed by atoms with Crippen molar-refractivity contribution in [3.8, 4) is 0 Å². The number of carbonyl (C=O) groups excluding carboxylic acids is 2. The van der Waals surface area contributed by atoms with Gasteiger partial charge in [-0.3, -0.25) is 9.59 Å². The number of hydrogen-bond donors (Lipinski definition) is 1. The Bertz CT molecular complexity index is 564. The SMILES string of the molecule is CCCN(CCC)C(=O)C(C)(C)C(=O)Nc1ccc(Cl)cc1C. The van der Waals surface area contributed by atoms with E-state index in [2.05, 4.69) is 5.32 Å². The number of nitrogens with zero attached hydrogens (tertiary/aromatic N) is 1. The number of anilines is 1. The standard InChI is InChI=1S/C18H27ClN2O2/c1-6-10-21(11-7-2)17(23)18(4,5)16(22)20-15-9-8-14(19)12-13(15)3/h8-9,12H,6-7,10-11H2,1-5H3,(H,20,22). The summed E-state index contributed by atoms with van der Waals surface area (Å²) in [4.78, 5) is 27.2. The van der Waals surface area contributed by atoms with Crippen LogP contribution in [0.2, 0.25) is 5.02 Å². The molecule has 1 aromatic carbocycles. The highest BCUT2D eigenvalue weighted by molar-refractivity contribution is 6.30. The Morgan fingerprint density at radius 3 is 2.22 bits per heavy atom. The quantitative estimate of drug-likeness (QED) is 0.755. The van der Waals surface area contributed by atoms with Gasteiger partial charge in [-0.25, -0.2) is 0 Å². The Labute approximate surface area is 144 Å². The monoisotopic (exact) mass is 338 g/mol. The zero-order chi connectivity index (χ0) is 17.6. The van der Waals surface area contributed by atoms with E-state index in [4.69, 9.17) is 11.6 Å². The van der Waals surface area contributed by atoms with Crippen LogP contribution in [-0.4, -0.2) is 29.8 Å². The van der Waals surface area contributed by atoms with Gasteiger partial charge in [0.05, 0.1) is 0 Å². The van der Waals surface area contributed by atoms with Gasteiger partial charge in [0.15, 0.2) is 0 Å². The van der Waals surface area contributed by atoms with Crippen molar-refractivity contribution in [2.75, 3.05) is 18.4 Å². The van der Waals surface area contributed by atoms with Crippen LogP contribution in [0.3, 0.4) is 0 Å². The smallest absolute Gasteiger partial charge is 0.239 e. The van der Waals surface area contributed by atoms with E-state index in [0.717, 1.165) is 18.4 Å². The van der Waals surface area contributed by atoms with Gasteiger partial charge in [0.2, 0.25) is 11.8 Å². The highest BCUT2D eigenvalue weighted by Crippen LogP contribution is 2.25. The van der Waals surface area contributed by atoms with E-state index in [0.29, 0.717) is 23.8 Å². The summed E-state index contributed by atoms with van der Waals surface area (Å²) >= 11 is 5.93. The van der Waals surface area contributed by atoms with E-state index in [1.54, 1.807) is 36.9 Å². The minimum atomic E-state index is -1.11. The van der Waals surface area contributed by atoms with Gasteiger partial charge in [-0.1, -0.05) is 25.4 Å². The van der Waals surface area contributed by atoms with E-state index in [-0.39, 0.29) is 11.8 Å². The van der Waals surface area contributed by atoms with Crippen LogP contribution in [-0.2, 0) is 9.59 Å². The lowest BCUT2D eigenvalue weighted by Crippen LogP contribution is -2.48. The fraction of sp³-hybridized carbons (Fsp3) is 0.556. The third kappa shape index (κ3) is 4.96. The Hall–Kier alpha value is -1.55. The molecule has 128 valence electrons. The van der Waals surface area contributed by atoms with Gasteiger partial charge in [0.1, 0.15) is 5.41 Å². The molecule has 0 radical (unpaired) electrons. The summed E-state index contributed by atoms with van der Waals surface area (Å²) in [7, 11) is 0. The van der Waals surface area contributed by atoms with Crippen LogP contribution < -0.4 is 5.32 Å². The highest BCUT2D eigenvalue weighted by Gasteiger charge is 2.38. The second-order valence-electron chi connectivity index (χ2n) is 6.33. The maximum Gasteiger partial charge on any atom is 0.239 e. The fourth-order valence-electron chi connectivity index (χ4n) is 2.39. The van der Waals surface area contributed by atoms with E-state index in [1.807, 2.05) is 20.8 Å². The minimum Gasteiger partial charge on any atom is -0.342 e. The molecule has 5 heteroatoms. The first-order valence-corrected chi connectivity index (χ1v) is 8.48. The number of hydrogen-bond acceptors (Lipinski definition) is 2. The summed E-state index contributed by atoms with van der Waals surface area (Å²) in [6.45, 7) is 10.6. The van der Waals surface area contributed by atoms with Crippen molar-refractivity contribution in [1.29, 1.82) is 0 Å². The Kier molecular flexibility index (Phi) is 7.07. The van der Waals surface area contributed by atoms with Crippen molar-refractivity contribution in [3.05, 3.63) is 28.8 Å². The summed E-state index contributed by atoms with van der Waals surface area (Å²) in [5.41, 5.74) is 0.432. The molecule has 0 atom stereocenters. The zero-order valence-electron chi connectivity index (χ0n) is 14.7. The largest absolute Gasteiger partial charge is 0.342 e. The lowest BCUT2D eigenvalue weighted by atomic mass is 9.89. The normalized spacial score (nSPS) is 11.2. The molecule has 0 heterocycles. The van der Waals surface area contributed by atoms with Gasteiger partial charge in [0.25, 0.3) is 0 Å². The number of amides is 2. The molecule has 0 spiro atoms. The molecule has 0 aromatic heterocycles. The average Bonchev–Trinajstić information content (AvgIpc) is 2.48. The van der Waals surface area contributed by atoms with Crippen molar-refractivity contribution in [1.82, 2.24) is 4.90 Å². The molecule has 2 amide bonds. The van der Waals surface area contributed by atoms with Gasteiger partial charge < -0.3 is 10.2 Å². The molecule has 0 aliphatic rings. The molecule has 0 aliphatic carbocycles. The number of rotatable bonds is 7. The zero-order valence-corrected chi connectivity index (χ0v) is 15.5. The highest BCUT2D eigenvalue weighted by atomic mass is 35.5. The van der Waals surface area contributed by atoms with Crippen LogP contribution in [0.1, 0.15) is 46.1 Å². The summed E-state index contributed by atoms with van der Waals surface area (Å²) in [6.07, 6.45) is 1.75. The van der Waals surface area contributed by atoms with Gasteiger partial charge in [-0.05, 0) is 57.4 Å². The first-order chi connectivity index (χ1) is 10.7. The molecule has 0 unspecified atom stereocenters. The van der Waals surface area contributed by atoms with Crippen molar-refractivity contribution in [2.24, 2.45) is 5.41 Å². The van der Waals surface area contributed by atoms with Crippen LogP contribution in [0.15, 0.2) is 18.2 Å². The van der Waals surface area contributed by atoms with E-state index >= 15 is 0 Å². The molecule has 23 heavy (non-hydrogen) atoms. The summed E-state index contributed by atoms with van der Waals surface area (Å²) in [6, 6.07) is 5.26. The first-order valence-electron chi connectivity index (χ1n) is 8.11. The average molecular weight is 339 g/mol. The maximum absolute atomic E-state index is 12.8. The molecular formula is C18H27ClN2O2. The topological polar surface area (TPSA) is 49.4 Å². The first kappa shape index (κ1) is 19.5. The van der Waals surface area contributed by atoms with Crippen LogP contribution in [0.4, 0.5) is 5.69 Å². The van der Waals surface area contributed by atoms with Gasteiger partial charge in [0, 0.05) is 23.8 Å². The van der Waals surface area contributed by atoms with E-state index in [9.17, 15) is 9.59 Å². The molecule has 0 saturated heterocycles. The number of benzene rings is 1. The number of halogens is 1. The second-order valence-corrected chi connectivity index (χ2v) is 6.77. The van der Waals surface area contributed by atoms with Crippen molar-refractivity contribution >= 4 is 29.1 Å². The number of nitrogens with one attached hydrogen (secondary N) is 1. The summed E-state index contributed by atoms with van der Waals surface area (Å²) in [5, 5.41) is 3.47. The van der Waals surface area contributed by atoms with Gasteiger partial charge >= 0.3 is 0 Å². The van der Waals surface area contributed by atoms with Crippen LogP contribution in [0.5, 0.6) is 0 Å². The Morgan fingerprint density at radius 1 is 1.17 bits per heavy atom. The Balaban J connectivity index is 2.92. The summed E-state index contributed by atoms with van der Waals surface area (Å²) in [5.74, 6) is -0.435. The third-order valence-corrected chi connectivity index (χ3v) is 4.05. The number of carbonyl (C=O) groups is 2. The van der Waals surface area contributed by atoms with Crippen molar-refractivity contribution < 1.29 is 9.59 Å². The van der Waals surface area contributed by atoms with Crippen molar-refractivity contribution in [2.45, 2.75) is 47.5 Å². The van der Waals surface area contributed by atoms with Gasteiger partial charge in [-0.15, -0.1) is 0 Å². The molecule has 0 aliphatic heterocycles. The van der Waals surface area contributed by atoms with Gasteiger partial charge in [-0.2, -0.15) is 0 Å². The summed E-state index contributed by atoms with van der Waals surface area (Å²) < 4.78 is 0. The molecule has 0 bridgehead atoms. The van der Waals surface area contributed by atoms with Crippen LogP contribution in [0, 0.1) is 12.3 Å². The van der Waals surface area contributed by atoms with Crippen LogP contribution in [0.25, 0.3) is 0 Å². The molecular weight excluding hydrogens is 312 g/mol. The molecule has 0 saturated carbocycles. The molecule has 1 rings (SSSR count). The minimum absolute atomic E-state index is 0.134. The Morgan fingerprint density at radius 2 is 1.74 bits per heavy atom. The van der Waals surface area contributed by atoms with Crippen molar-refractivity contribution in [3.63, 3.8) is 0 Å². The third-order valence-electron chi connectivity index (χ3n) is 3.81. The lowest BCUT2D eigenvalue weighted by molar-refractivity contribution is -0.146. The predicted octanol–water partition coefficient (Wildman–Crippen LogP) is 4.26. The van der Waals surface area contributed by atoms with E-state index < -0.39 is 5.41 Å². The fourth-order valence-corrected chi connectivity index (χ4v) is 2.62. The maximum atomic E-state index is 12.8. The second kappa shape index (κ2) is 8.34. The molecule has 1 N–H and O–H groups in total. The molecule has 0 fully saturated rings.